The van der Waals surface area contributed by atoms with Gasteiger partial charge < -0.3 is 15.7 Å². The Morgan fingerprint density at radius 3 is 2.55 bits per heavy atom. The smallest absolute Gasteiger partial charge is 0.253 e. The van der Waals surface area contributed by atoms with Gasteiger partial charge in [-0.1, -0.05) is 30.7 Å². The molecule has 1 rings (SSSR count). The molecule has 0 spiro atoms. The van der Waals surface area contributed by atoms with Crippen LogP contribution in [0.4, 0.5) is 0 Å². The molecule has 3 N–H and O–H groups in total. The molecule has 0 aliphatic heterocycles. The van der Waals surface area contributed by atoms with Crippen LogP contribution in [0.5, 0.6) is 0 Å². The highest BCUT2D eigenvalue weighted by molar-refractivity contribution is 6.33. The van der Waals surface area contributed by atoms with Gasteiger partial charge in [0.1, 0.15) is 0 Å². The highest BCUT2D eigenvalue weighted by atomic mass is 35.5. The molecule has 0 aromatic heterocycles. The molecule has 6 heteroatoms. The lowest BCUT2D eigenvalue weighted by molar-refractivity contribution is -0.121. The summed E-state index contributed by atoms with van der Waals surface area (Å²) < 4.78 is 0. The van der Waals surface area contributed by atoms with E-state index < -0.39 is 5.91 Å². The number of aliphatic hydroxyl groups excluding tert-OH is 1. The molecule has 0 heterocycles. The maximum absolute atomic E-state index is 11.8. The van der Waals surface area contributed by atoms with Crippen LogP contribution in [-0.4, -0.2) is 36.1 Å². The highest BCUT2D eigenvalue weighted by Gasteiger charge is 2.15. The summed E-state index contributed by atoms with van der Waals surface area (Å²) in [5.74, 6) is -0.745. The van der Waals surface area contributed by atoms with E-state index in [1.807, 2.05) is 6.92 Å². The minimum Gasteiger partial charge on any atom is -0.396 e. The van der Waals surface area contributed by atoms with Crippen LogP contribution in [0, 0.1) is 5.92 Å². The van der Waals surface area contributed by atoms with Gasteiger partial charge in [0.2, 0.25) is 5.91 Å². The third-order valence-corrected chi connectivity index (χ3v) is 3.39. The Labute approximate surface area is 123 Å². The van der Waals surface area contributed by atoms with Gasteiger partial charge in [0.25, 0.3) is 5.91 Å². The molecule has 1 aromatic carbocycles. The number of benzene rings is 1. The summed E-state index contributed by atoms with van der Waals surface area (Å²) in [5, 5.41) is 14.5. The Bertz CT molecular complexity index is 479. The lowest BCUT2D eigenvalue weighted by atomic mass is 10.1. The fraction of sp³-hybridized carbons (Fsp3) is 0.429. The summed E-state index contributed by atoms with van der Waals surface area (Å²) in [6.45, 7) is 3.49. The minimum absolute atomic E-state index is 0.00652. The zero-order chi connectivity index (χ0) is 15.1. The van der Waals surface area contributed by atoms with E-state index in [9.17, 15) is 9.59 Å². The summed E-state index contributed by atoms with van der Waals surface area (Å²) in [5.41, 5.74) is 0.332. The quantitative estimate of drug-likeness (QED) is 0.738. The van der Waals surface area contributed by atoms with E-state index in [1.54, 1.807) is 31.2 Å². The zero-order valence-corrected chi connectivity index (χ0v) is 12.3. The average Bonchev–Trinajstić information content (AvgIpc) is 2.44. The molecule has 0 aliphatic rings. The Balaban J connectivity index is 2.45. The standard InChI is InChI=1S/C14H19ClN2O3/c1-9(8-18)10(2)17-13(19)7-16-14(20)11-5-3-4-6-12(11)15/h3-6,9-10,18H,7-8H2,1-2H3,(H,16,20)(H,17,19). The number of carbonyl (C=O) groups excluding carboxylic acids is 2. The molecule has 2 amide bonds. The minimum atomic E-state index is -0.395. The second kappa shape index (κ2) is 7.87. The van der Waals surface area contributed by atoms with Crippen molar-refractivity contribution in [2.24, 2.45) is 5.92 Å². The van der Waals surface area contributed by atoms with Crippen molar-refractivity contribution in [1.29, 1.82) is 0 Å². The number of aliphatic hydroxyl groups is 1. The Morgan fingerprint density at radius 1 is 1.30 bits per heavy atom. The summed E-state index contributed by atoms with van der Waals surface area (Å²) in [4.78, 5) is 23.5. The molecule has 0 radical (unpaired) electrons. The van der Waals surface area contributed by atoms with E-state index in [1.165, 1.54) is 0 Å². The number of nitrogens with one attached hydrogen (secondary N) is 2. The van der Waals surface area contributed by atoms with Gasteiger partial charge in [0.15, 0.2) is 0 Å². The van der Waals surface area contributed by atoms with Crippen LogP contribution in [0.15, 0.2) is 24.3 Å². The molecule has 110 valence electrons. The molecule has 1 aromatic rings. The van der Waals surface area contributed by atoms with Crippen LogP contribution < -0.4 is 10.6 Å². The number of hydrogen-bond donors (Lipinski definition) is 3. The number of hydrogen-bond acceptors (Lipinski definition) is 3. The van der Waals surface area contributed by atoms with Gasteiger partial charge in [-0.05, 0) is 25.0 Å². The molecule has 0 fully saturated rings. The fourth-order valence-electron chi connectivity index (χ4n) is 1.51. The first-order chi connectivity index (χ1) is 9.45. The fourth-order valence-corrected chi connectivity index (χ4v) is 1.73. The number of rotatable bonds is 6. The molecular formula is C14H19ClN2O3. The normalized spacial score (nSPS) is 13.4. The van der Waals surface area contributed by atoms with Crippen molar-refractivity contribution in [3.63, 3.8) is 0 Å². The Kier molecular flexibility index (Phi) is 6.48. The maximum Gasteiger partial charge on any atom is 0.253 e. The van der Waals surface area contributed by atoms with Crippen molar-refractivity contribution in [3.8, 4) is 0 Å². The van der Waals surface area contributed by atoms with E-state index >= 15 is 0 Å². The van der Waals surface area contributed by atoms with E-state index in [0.717, 1.165) is 0 Å². The van der Waals surface area contributed by atoms with E-state index in [0.29, 0.717) is 10.6 Å². The summed E-state index contributed by atoms with van der Waals surface area (Å²) >= 11 is 5.89. The summed E-state index contributed by atoms with van der Waals surface area (Å²) in [6, 6.07) is 6.47. The van der Waals surface area contributed by atoms with E-state index in [2.05, 4.69) is 10.6 Å². The topological polar surface area (TPSA) is 78.4 Å². The first-order valence-electron chi connectivity index (χ1n) is 6.38. The molecule has 0 bridgehead atoms. The van der Waals surface area contributed by atoms with Crippen LogP contribution in [0.2, 0.25) is 5.02 Å². The van der Waals surface area contributed by atoms with E-state index in [4.69, 9.17) is 16.7 Å². The van der Waals surface area contributed by atoms with Crippen LogP contribution in [0.25, 0.3) is 0 Å². The second-order valence-electron chi connectivity index (χ2n) is 4.68. The lowest BCUT2D eigenvalue weighted by Crippen LogP contribution is -2.43. The molecule has 20 heavy (non-hydrogen) atoms. The van der Waals surface area contributed by atoms with Crippen molar-refractivity contribution in [2.45, 2.75) is 19.9 Å². The SMILES string of the molecule is CC(CO)C(C)NC(=O)CNC(=O)c1ccccc1Cl. The van der Waals surface area contributed by atoms with Gasteiger partial charge in [0.05, 0.1) is 17.1 Å². The zero-order valence-electron chi connectivity index (χ0n) is 11.5. The number of carbonyl (C=O) groups is 2. The summed E-state index contributed by atoms with van der Waals surface area (Å²) in [6.07, 6.45) is 0. The second-order valence-corrected chi connectivity index (χ2v) is 5.09. The van der Waals surface area contributed by atoms with Gasteiger partial charge >= 0.3 is 0 Å². The molecule has 2 unspecified atom stereocenters. The number of halogens is 1. The molecule has 2 atom stereocenters. The molecule has 5 nitrogen and oxygen atoms in total. The van der Waals surface area contributed by atoms with Gasteiger partial charge in [0, 0.05) is 12.6 Å². The van der Waals surface area contributed by atoms with Crippen molar-refractivity contribution >= 4 is 23.4 Å². The van der Waals surface area contributed by atoms with Crippen molar-refractivity contribution in [3.05, 3.63) is 34.9 Å². The third kappa shape index (κ3) is 4.83. The van der Waals surface area contributed by atoms with Gasteiger partial charge in [-0.3, -0.25) is 9.59 Å². The van der Waals surface area contributed by atoms with Crippen molar-refractivity contribution < 1.29 is 14.7 Å². The molecule has 0 saturated heterocycles. The molecular weight excluding hydrogens is 280 g/mol. The highest BCUT2D eigenvalue weighted by Crippen LogP contribution is 2.14. The number of amides is 2. The van der Waals surface area contributed by atoms with E-state index in [-0.39, 0.29) is 31.0 Å². The van der Waals surface area contributed by atoms with Crippen LogP contribution in [-0.2, 0) is 4.79 Å². The summed E-state index contributed by atoms with van der Waals surface area (Å²) in [7, 11) is 0. The average molecular weight is 299 g/mol. The maximum atomic E-state index is 11.8. The Hall–Kier alpha value is -1.59. The van der Waals surface area contributed by atoms with Crippen molar-refractivity contribution in [2.75, 3.05) is 13.2 Å². The van der Waals surface area contributed by atoms with Crippen LogP contribution >= 0.6 is 11.6 Å². The monoisotopic (exact) mass is 298 g/mol. The molecule has 0 aliphatic carbocycles. The third-order valence-electron chi connectivity index (χ3n) is 3.06. The van der Waals surface area contributed by atoms with Gasteiger partial charge in [-0.25, -0.2) is 0 Å². The van der Waals surface area contributed by atoms with Crippen molar-refractivity contribution in [1.82, 2.24) is 10.6 Å². The van der Waals surface area contributed by atoms with Crippen LogP contribution in [0.1, 0.15) is 24.2 Å². The predicted molar refractivity (Wildman–Crippen MR) is 77.6 cm³/mol. The van der Waals surface area contributed by atoms with Gasteiger partial charge in [-0.2, -0.15) is 0 Å². The first kappa shape index (κ1) is 16.5. The largest absolute Gasteiger partial charge is 0.396 e. The molecule has 0 saturated carbocycles. The predicted octanol–water partition coefficient (Wildman–Crippen LogP) is 1.20. The lowest BCUT2D eigenvalue weighted by Gasteiger charge is -2.19. The van der Waals surface area contributed by atoms with Gasteiger partial charge in [-0.15, -0.1) is 0 Å². The first-order valence-corrected chi connectivity index (χ1v) is 6.76. The Morgan fingerprint density at radius 2 is 1.95 bits per heavy atom. The van der Waals surface area contributed by atoms with Crippen LogP contribution in [0.3, 0.4) is 0 Å².